The van der Waals surface area contributed by atoms with Gasteiger partial charge in [-0.3, -0.25) is 9.59 Å². The van der Waals surface area contributed by atoms with Gasteiger partial charge in [0.05, 0.1) is 0 Å². The van der Waals surface area contributed by atoms with Crippen LogP contribution in [0.1, 0.15) is 31.4 Å². The Morgan fingerprint density at radius 2 is 1.08 bits per heavy atom. The lowest BCUT2D eigenvalue weighted by molar-refractivity contribution is -0.132. The quantitative estimate of drug-likeness (QED) is 0.569. The van der Waals surface area contributed by atoms with E-state index in [0.717, 1.165) is 17.5 Å². The average Bonchev–Trinajstić information content (AvgIpc) is 2.56. The molecule has 0 aliphatic heterocycles. The largest absolute Gasteiger partial charge is 0.427 e. The molecule has 2 aromatic rings. The second-order valence-electron chi connectivity index (χ2n) is 5.37. The molecule has 0 N–H and O–H groups in total. The molecule has 2 rings (SSSR count). The molecular weight excluding hydrogens is 316 g/mol. The molecule has 0 aliphatic carbocycles. The molecule has 4 heteroatoms. The lowest BCUT2D eigenvalue weighted by atomic mass is 10.1. The third-order valence-corrected chi connectivity index (χ3v) is 3.18. The van der Waals surface area contributed by atoms with E-state index in [0.29, 0.717) is 11.5 Å². The minimum Gasteiger partial charge on any atom is -0.427 e. The van der Waals surface area contributed by atoms with Crippen molar-refractivity contribution in [3.8, 4) is 11.5 Å². The fourth-order valence-electron chi connectivity index (χ4n) is 2.11. The molecule has 25 heavy (non-hydrogen) atoms. The fraction of sp³-hybridized carbons (Fsp3) is 0.143. The molecule has 0 aliphatic rings. The standard InChI is InChI=1S/C21H20O4/c1-16(22)24-20-12-8-18(9-13-20)6-4-3-5-7-19-10-14-21(15-11-19)25-17(2)23/h4-15H,3H2,1-2H3. The van der Waals surface area contributed by atoms with Crippen LogP contribution in [0.5, 0.6) is 11.5 Å². The predicted molar refractivity (Wildman–Crippen MR) is 98.2 cm³/mol. The minimum absolute atomic E-state index is 0.325. The number of benzene rings is 2. The van der Waals surface area contributed by atoms with Gasteiger partial charge in [0.25, 0.3) is 0 Å². The summed E-state index contributed by atoms with van der Waals surface area (Å²) in [5.74, 6) is 0.437. The van der Waals surface area contributed by atoms with Crippen LogP contribution in [-0.4, -0.2) is 11.9 Å². The first-order chi connectivity index (χ1) is 12.0. The number of hydrogen-bond acceptors (Lipinski definition) is 4. The topological polar surface area (TPSA) is 52.6 Å². The first-order valence-electron chi connectivity index (χ1n) is 7.93. The van der Waals surface area contributed by atoms with E-state index in [2.05, 4.69) is 0 Å². The van der Waals surface area contributed by atoms with Gasteiger partial charge in [0.1, 0.15) is 11.5 Å². The van der Waals surface area contributed by atoms with Crippen LogP contribution in [0.3, 0.4) is 0 Å². The molecule has 0 radical (unpaired) electrons. The normalized spacial score (nSPS) is 11.0. The molecule has 4 nitrogen and oxygen atoms in total. The van der Waals surface area contributed by atoms with E-state index in [1.54, 1.807) is 24.3 Å². The van der Waals surface area contributed by atoms with Crippen molar-refractivity contribution >= 4 is 24.1 Å². The average molecular weight is 336 g/mol. The second kappa shape index (κ2) is 9.23. The number of hydrogen-bond donors (Lipinski definition) is 0. The summed E-state index contributed by atoms with van der Waals surface area (Å²) in [5.41, 5.74) is 2.07. The van der Waals surface area contributed by atoms with Crippen LogP contribution in [0.2, 0.25) is 0 Å². The Balaban J connectivity index is 1.82. The lowest BCUT2D eigenvalue weighted by Gasteiger charge is -2.01. The van der Waals surface area contributed by atoms with E-state index in [4.69, 9.17) is 9.47 Å². The van der Waals surface area contributed by atoms with Crippen molar-refractivity contribution in [3.63, 3.8) is 0 Å². The van der Waals surface area contributed by atoms with Crippen molar-refractivity contribution in [1.29, 1.82) is 0 Å². The van der Waals surface area contributed by atoms with Gasteiger partial charge in [-0.1, -0.05) is 48.6 Å². The molecule has 0 saturated heterocycles. The third-order valence-electron chi connectivity index (χ3n) is 3.18. The number of ether oxygens (including phenoxy) is 2. The van der Waals surface area contributed by atoms with E-state index in [9.17, 15) is 9.59 Å². The lowest BCUT2D eigenvalue weighted by Crippen LogP contribution is -2.00. The Bertz CT molecular complexity index is 701. The van der Waals surface area contributed by atoms with E-state index < -0.39 is 0 Å². The zero-order valence-corrected chi connectivity index (χ0v) is 14.3. The molecule has 0 bridgehead atoms. The van der Waals surface area contributed by atoms with Crippen LogP contribution < -0.4 is 9.47 Å². The van der Waals surface area contributed by atoms with Gasteiger partial charge in [0.15, 0.2) is 0 Å². The maximum Gasteiger partial charge on any atom is 0.308 e. The van der Waals surface area contributed by atoms with Gasteiger partial charge in [0.2, 0.25) is 0 Å². The SMILES string of the molecule is CC(=O)Oc1ccc(C=CCC=Cc2ccc(OC(C)=O)cc2)cc1. The van der Waals surface area contributed by atoms with Gasteiger partial charge in [-0.05, 0) is 41.8 Å². The van der Waals surface area contributed by atoms with Crippen molar-refractivity contribution in [2.45, 2.75) is 20.3 Å². The number of esters is 2. The highest BCUT2D eigenvalue weighted by molar-refractivity contribution is 5.70. The summed E-state index contributed by atoms with van der Waals surface area (Å²) in [6.07, 6.45) is 8.89. The Labute approximate surface area is 147 Å². The van der Waals surface area contributed by atoms with Crippen molar-refractivity contribution < 1.29 is 19.1 Å². The molecule has 0 heterocycles. The molecule has 0 amide bonds. The number of rotatable bonds is 6. The highest BCUT2D eigenvalue weighted by atomic mass is 16.5. The van der Waals surface area contributed by atoms with E-state index >= 15 is 0 Å². The number of carbonyl (C=O) groups excluding carboxylic acids is 2. The summed E-state index contributed by atoms with van der Waals surface area (Å²) in [5, 5.41) is 0. The molecule has 0 atom stereocenters. The summed E-state index contributed by atoms with van der Waals surface area (Å²) in [7, 11) is 0. The third kappa shape index (κ3) is 6.87. The van der Waals surface area contributed by atoms with Gasteiger partial charge in [-0.2, -0.15) is 0 Å². The smallest absolute Gasteiger partial charge is 0.308 e. The maximum absolute atomic E-state index is 10.9. The highest BCUT2D eigenvalue weighted by Crippen LogP contribution is 2.15. The van der Waals surface area contributed by atoms with Gasteiger partial charge in [-0.15, -0.1) is 0 Å². The predicted octanol–water partition coefficient (Wildman–Crippen LogP) is 4.65. The first-order valence-corrected chi connectivity index (χ1v) is 7.93. The molecule has 0 unspecified atom stereocenters. The number of allylic oxidation sites excluding steroid dienone is 2. The van der Waals surface area contributed by atoms with E-state index in [-0.39, 0.29) is 11.9 Å². The van der Waals surface area contributed by atoms with Gasteiger partial charge in [0, 0.05) is 13.8 Å². The molecule has 2 aromatic carbocycles. The van der Waals surface area contributed by atoms with Gasteiger partial charge < -0.3 is 9.47 Å². The monoisotopic (exact) mass is 336 g/mol. The Morgan fingerprint density at radius 1 is 0.720 bits per heavy atom. The summed E-state index contributed by atoms with van der Waals surface area (Å²) in [4.78, 5) is 21.7. The zero-order valence-electron chi connectivity index (χ0n) is 14.3. The molecule has 0 spiro atoms. The Hall–Kier alpha value is -3.14. The summed E-state index contributed by atoms with van der Waals surface area (Å²) >= 11 is 0. The van der Waals surface area contributed by atoms with Crippen LogP contribution in [0.25, 0.3) is 12.2 Å². The minimum atomic E-state index is -0.325. The van der Waals surface area contributed by atoms with Crippen LogP contribution >= 0.6 is 0 Å². The second-order valence-corrected chi connectivity index (χ2v) is 5.37. The van der Waals surface area contributed by atoms with E-state index in [1.165, 1.54) is 13.8 Å². The van der Waals surface area contributed by atoms with E-state index in [1.807, 2.05) is 48.6 Å². The molecule has 128 valence electrons. The Kier molecular flexibility index (Phi) is 6.72. The van der Waals surface area contributed by atoms with Crippen molar-refractivity contribution in [3.05, 3.63) is 71.8 Å². The summed E-state index contributed by atoms with van der Waals surface area (Å²) < 4.78 is 9.98. The van der Waals surface area contributed by atoms with Gasteiger partial charge >= 0.3 is 11.9 Å². The summed E-state index contributed by atoms with van der Waals surface area (Å²) in [6, 6.07) is 14.6. The molecule has 0 aromatic heterocycles. The number of carbonyl (C=O) groups is 2. The van der Waals surface area contributed by atoms with Gasteiger partial charge in [-0.25, -0.2) is 0 Å². The molecule has 0 fully saturated rings. The first kappa shape index (κ1) is 18.2. The highest BCUT2D eigenvalue weighted by Gasteiger charge is 1.97. The van der Waals surface area contributed by atoms with Crippen molar-refractivity contribution in [2.75, 3.05) is 0 Å². The van der Waals surface area contributed by atoms with Crippen LogP contribution in [-0.2, 0) is 9.59 Å². The van der Waals surface area contributed by atoms with Crippen molar-refractivity contribution in [1.82, 2.24) is 0 Å². The molecular formula is C21H20O4. The van der Waals surface area contributed by atoms with Crippen LogP contribution in [0.15, 0.2) is 60.7 Å². The van der Waals surface area contributed by atoms with Crippen LogP contribution in [0.4, 0.5) is 0 Å². The summed E-state index contributed by atoms with van der Waals surface area (Å²) in [6.45, 7) is 2.76. The zero-order chi connectivity index (χ0) is 18.1. The maximum atomic E-state index is 10.9. The van der Waals surface area contributed by atoms with Crippen LogP contribution in [0, 0.1) is 0 Å². The fourth-order valence-corrected chi connectivity index (χ4v) is 2.11. The Morgan fingerprint density at radius 3 is 1.40 bits per heavy atom. The molecule has 0 saturated carbocycles. The van der Waals surface area contributed by atoms with Crippen molar-refractivity contribution in [2.24, 2.45) is 0 Å².